The Hall–Kier alpha value is -7.22. The number of amides is 4. The van der Waals surface area contributed by atoms with Gasteiger partial charge in [0.05, 0.1) is 13.2 Å². The molecule has 2 aliphatic carbocycles. The quantitative estimate of drug-likeness (QED) is 0.0479. The number of likely N-dealkylation sites (tertiary alicyclic amines) is 2. The van der Waals surface area contributed by atoms with E-state index < -0.39 is 36.2 Å². The lowest BCUT2D eigenvalue weighted by atomic mass is 9.98. The van der Waals surface area contributed by atoms with E-state index in [9.17, 15) is 28.8 Å². The molecule has 352 valence electrons. The predicted molar refractivity (Wildman–Crippen MR) is 252 cm³/mol. The summed E-state index contributed by atoms with van der Waals surface area (Å²) in [5.74, 6) is -1.47. The first-order chi connectivity index (χ1) is 33.3. The number of esters is 2. The number of nitrogens with zero attached hydrogens (tertiary/aromatic N) is 4. The molecular formula is C54H56N4O10. The van der Waals surface area contributed by atoms with E-state index in [-0.39, 0.29) is 76.3 Å². The number of carbonyl (C=O) groups is 6. The Kier molecular flexibility index (Phi) is 14.3. The highest BCUT2D eigenvalue weighted by atomic mass is 16.6. The Morgan fingerprint density at radius 3 is 1.21 bits per heavy atom. The highest BCUT2D eigenvalue weighted by Gasteiger charge is 2.39. The van der Waals surface area contributed by atoms with E-state index in [0.717, 1.165) is 44.5 Å². The van der Waals surface area contributed by atoms with E-state index in [2.05, 4.69) is 48.5 Å². The third-order valence-electron chi connectivity index (χ3n) is 13.6. The number of benzene rings is 4. The van der Waals surface area contributed by atoms with E-state index >= 15 is 0 Å². The molecule has 3 saturated heterocycles. The summed E-state index contributed by atoms with van der Waals surface area (Å²) in [6.07, 6.45) is 9.26. The van der Waals surface area contributed by atoms with Crippen molar-refractivity contribution < 1.29 is 47.7 Å². The van der Waals surface area contributed by atoms with Gasteiger partial charge in [-0.05, 0) is 83.0 Å². The van der Waals surface area contributed by atoms with Crippen LogP contribution in [0.1, 0.15) is 72.6 Å². The van der Waals surface area contributed by atoms with Crippen LogP contribution in [0.3, 0.4) is 0 Å². The molecule has 3 fully saturated rings. The van der Waals surface area contributed by atoms with Crippen molar-refractivity contribution in [3.63, 3.8) is 0 Å². The van der Waals surface area contributed by atoms with Crippen molar-refractivity contribution in [1.29, 1.82) is 0 Å². The van der Waals surface area contributed by atoms with Gasteiger partial charge in [0.15, 0.2) is 0 Å². The van der Waals surface area contributed by atoms with Crippen molar-refractivity contribution in [3.05, 3.63) is 144 Å². The van der Waals surface area contributed by atoms with Gasteiger partial charge in [0.1, 0.15) is 38.4 Å². The van der Waals surface area contributed by atoms with Gasteiger partial charge in [-0.1, -0.05) is 121 Å². The molecule has 9 rings (SSSR count). The molecule has 0 aromatic heterocycles. The van der Waals surface area contributed by atoms with Gasteiger partial charge in [0.2, 0.25) is 11.8 Å². The molecule has 0 spiro atoms. The van der Waals surface area contributed by atoms with Crippen LogP contribution in [0.15, 0.2) is 121 Å². The lowest BCUT2D eigenvalue weighted by Crippen LogP contribution is -2.53. The van der Waals surface area contributed by atoms with E-state index in [0.29, 0.717) is 51.6 Å². The normalized spacial score (nSPS) is 18.8. The first-order valence-corrected chi connectivity index (χ1v) is 23.7. The fourth-order valence-corrected chi connectivity index (χ4v) is 10.1. The third kappa shape index (κ3) is 9.90. The summed E-state index contributed by atoms with van der Waals surface area (Å²) in [6, 6.07) is 31.1. The summed E-state index contributed by atoms with van der Waals surface area (Å²) in [5, 5.41) is 0. The summed E-state index contributed by atoms with van der Waals surface area (Å²) in [4.78, 5) is 84.2. The summed E-state index contributed by atoms with van der Waals surface area (Å²) in [7, 11) is 0. The number of hydrogen-bond acceptors (Lipinski definition) is 10. The van der Waals surface area contributed by atoms with Crippen LogP contribution in [0.5, 0.6) is 0 Å². The van der Waals surface area contributed by atoms with Gasteiger partial charge in [-0.3, -0.25) is 19.4 Å². The van der Waals surface area contributed by atoms with Crippen LogP contribution in [-0.4, -0.2) is 133 Å². The maximum Gasteiger partial charge on any atom is 0.410 e. The molecule has 14 nitrogen and oxygen atoms in total. The number of hydrogen-bond donors (Lipinski definition) is 0. The van der Waals surface area contributed by atoms with Crippen molar-refractivity contribution in [1.82, 2.24) is 19.6 Å². The second kappa shape index (κ2) is 21.2. The summed E-state index contributed by atoms with van der Waals surface area (Å²) >= 11 is 0. The first-order valence-electron chi connectivity index (χ1n) is 23.7. The molecule has 3 aliphatic heterocycles. The Morgan fingerprint density at radius 2 is 0.838 bits per heavy atom. The number of rotatable bonds is 16. The number of piperazine rings is 1. The standard InChI is InChI=1S/C54H56N4O10/c59-49-34-56(28-12-2-14-32-66-52(62)48-26-16-30-58(48)54(64)68-36-46-43-23-9-5-19-39(43)40-20-6-10-24-44(40)46)50(60)33-55(49)27-11-1-13-31-65-51(61)47-25-15-29-57(47)53(63)67-35-45-41-21-7-3-17-37(41)38-18-4-8-22-42(38)45/h1-12,17-24,45-48H,13-16,25-36H2/b11-1+,12-2+/t47-,48-/m0/s1. The Bertz CT molecular complexity index is 2340. The van der Waals surface area contributed by atoms with Crippen LogP contribution in [0.4, 0.5) is 9.59 Å². The second-order valence-electron chi connectivity index (χ2n) is 17.7. The van der Waals surface area contributed by atoms with Crippen LogP contribution in [0, 0.1) is 0 Å². The van der Waals surface area contributed by atoms with E-state index in [1.807, 2.05) is 48.5 Å². The van der Waals surface area contributed by atoms with Gasteiger partial charge in [0.25, 0.3) is 0 Å². The molecule has 14 heteroatoms. The minimum atomic E-state index is -0.708. The average Bonchev–Trinajstić information content (AvgIpc) is 4.18. The first kappa shape index (κ1) is 45.9. The van der Waals surface area contributed by atoms with Gasteiger partial charge in [-0.25, -0.2) is 19.2 Å². The van der Waals surface area contributed by atoms with E-state index in [1.54, 1.807) is 24.3 Å². The molecule has 0 N–H and O–H groups in total. The SMILES string of the molecule is O=C(OCC/C=C/CN1CC(=O)N(C/C=C/CCOC(=O)[C@@H]2CCCN2C(=O)OCC2c3ccccc3-c3ccccc32)CC1=O)[C@@H]1CCCN1C(=O)OCC1c2ccccc2-c2ccccc21. The second-order valence-corrected chi connectivity index (χ2v) is 17.7. The Morgan fingerprint density at radius 1 is 0.485 bits per heavy atom. The topological polar surface area (TPSA) is 152 Å². The monoisotopic (exact) mass is 920 g/mol. The van der Waals surface area contributed by atoms with Gasteiger partial charge >= 0.3 is 24.1 Å². The zero-order chi connectivity index (χ0) is 47.0. The summed E-state index contributed by atoms with van der Waals surface area (Å²) < 4.78 is 22.7. The van der Waals surface area contributed by atoms with Crippen molar-refractivity contribution in [2.45, 2.75) is 62.4 Å². The molecule has 4 aromatic rings. The molecule has 0 unspecified atom stereocenters. The van der Waals surface area contributed by atoms with E-state index in [1.165, 1.54) is 19.6 Å². The predicted octanol–water partition coefficient (Wildman–Crippen LogP) is 7.46. The minimum absolute atomic E-state index is 0.0570. The van der Waals surface area contributed by atoms with Crippen molar-refractivity contribution in [2.75, 3.05) is 65.7 Å². The molecule has 0 radical (unpaired) electrons. The molecule has 0 bridgehead atoms. The van der Waals surface area contributed by atoms with Crippen molar-refractivity contribution in [3.8, 4) is 22.3 Å². The van der Waals surface area contributed by atoms with Gasteiger partial charge in [-0.2, -0.15) is 0 Å². The molecule has 2 atom stereocenters. The molecule has 5 aliphatic rings. The zero-order valence-corrected chi connectivity index (χ0v) is 38.0. The lowest BCUT2D eigenvalue weighted by Gasteiger charge is -2.32. The largest absolute Gasteiger partial charge is 0.464 e. The minimum Gasteiger partial charge on any atom is -0.464 e. The number of ether oxygens (including phenoxy) is 4. The molecule has 68 heavy (non-hydrogen) atoms. The highest BCUT2D eigenvalue weighted by Crippen LogP contribution is 2.46. The smallest absolute Gasteiger partial charge is 0.410 e. The van der Waals surface area contributed by atoms with Crippen LogP contribution >= 0.6 is 0 Å². The average molecular weight is 921 g/mol. The van der Waals surface area contributed by atoms with Crippen LogP contribution in [-0.2, 0) is 38.1 Å². The van der Waals surface area contributed by atoms with Crippen LogP contribution in [0.2, 0.25) is 0 Å². The maximum atomic E-state index is 13.2. The van der Waals surface area contributed by atoms with Crippen LogP contribution in [0.25, 0.3) is 22.3 Å². The summed E-state index contributed by atoms with van der Waals surface area (Å²) in [6.45, 7) is 1.77. The highest BCUT2D eigenvalue weighted by molar-refractivity contribution is 5.92. The third-order valence-corrected chi connectivity index (χ3v) is 13.6. The maximum absolute atomic E-state index is 13.2. The Balaban J connectivity index is 0.639. The fraction of sp³-hybridized carbons (Fsp3) is 0.370. The molecule has 4 amide bonds. The van der Waals surface area contributed by atoms with E-state index in [4.69, 9.17) is 18.9 Å². The lowest BCUT2D eigenvalue weighted by molar-refractivity contribution is -0.149. The number of fused-ring (bicyclic) bond motifs is 6. The zero-order valence-electron chi connectivity index (χ0n) is 38.0. The number of carbonyl (C=O) groups excluding carboxylic acids is 6. The van der Waals surface area contributed by atoms with Gasteiger partial charge < -0.3 is 28.7 Å². The summed E-state index contributed by atoms with van der Waals surface area (Å²) in [5.41, 5.74) is 9.05. The van der Waals surface area contributed by atoms with Crippen molar-refractivity contribution in [2.24, 2.45) is 0 Å². The fourth-order valence-electron chi connectivity index (χ4n) is 10.1. The molecule has 0 saturated carbocycles. The van der Waals surface area contributed by atoms with Crippen molar-refractivity contribution >= 4 is 35.9 Å². The molecular weight excluding hydrogens is 865 g/mol. The molecule has 3 heterocycles. The Labute approximate surface area is 396 Å². The van der Waals surface area contributed by atoms with Gasteiger partial charge in [-0.15, -0.1) is 0 Å². The molecule has 4 aromatic carbocycles. The van der Waals surface area contributed by atoms with Gasteiger partial charge in [0, 0.05) is 38.0 Å². The van der Waals surface area contributed by atoms with Crippen LogP contribution < -0.4 is 0 Å².